The van der Waals surface area contributed by atoms with Crippen molar-refractivity contribution in [1.29, 1.82) is 0 Å². The Kier molecular flexibility index (Phi) is 18.8. The Morgan fingerprint density at radius 3 is 1.91 bits per heavy atom. The van der Waals surface area contributed by atoms with Crippen LogP contribution in [-0.2, 0) is 28.2 Å². The monoisotopic (exact) mass is 498 g/mol. The fraction of sp³-hybridized carbons (Fsp3) is 0.462. The van der Waals surface area contributed by atoms with E-state index in [1.54, 1.807) is 6.92 Å². The van der Waals surface area contributed by atoms with Gasteiger partial charge in [-0.1, -0.05) is 44.9 Å². The summed E-state index contributed by atoms with van der Waals surface area (Å²) >= 11 is 0. The Labute approximate surface area is 207 Å². The van der Waals surface area contributed by atoms with E-state index in [0.29, 0.717) is 6.42 Å². The number of ether oxygens (including phenoxy) is 2. The first kappa shape index (κ1) is 31.4. The zero-order chi connectivity index (χ0) is 26.2. The predicted molar refractivity (Wildman–Crippen MR) is 129 cm³/mol. The SMILES string of the molecule is CC#CC#CC#CC#CC#CC#CC(=O)OC[C@@H](COP(=O)(O)O)OC(=O)CCCCCCCC. The third-order valence-corrected chi connectivity index (χ3v) is 4.20. The quantitative estimate of drug-likeness (QED) is 0.131. The number of esters is 2. The lowest BCUT2D eigenvalue weighted by atomic mass is 10.1. The molecule has 0 aromatic carbocycles. The normalized spacial score (nSPS) is 9.71. The van der Waals surface area contributed by atoms with Crippen LogP contribution in [0.3, 0.4) is 0 Å². The number of unbranched alkanes of at least 4 members (excludes halogenated alkanes) is 5. The first-order chi connectivity index (χ1) is 16.8. The number of phosphoric ester groups is 1. The lowest BCUT2D eigenvalue weighted by molar-refractivity contribution is -0.158. The number of hydrogen-bond donors (Lipinski definition) is 2. The van der Waals surface area contributed by atoms with E-state index >= 15 is 0 Å². The van der Waals surface area contributed by atoms with Crippen molar-refractivity contribution in [3.05, 3.63) is 0 Å². The molecule has 0 aromatic rings. The lowest BCUT2D eigenvalue weighted by Gasteiger charge is -2.17. The molecule has 0 saturated carbocycles. The zero-order valence-corrected chi connectivity index (χ0v) is 20.6. The summed E-state index contributed by atoms with van der Waals surface area (Å²) in [6.07, 6.45) is 4.77. The Bertz CT molecular complexity index is 1110. The number of rotatable bonds is 13. The largest absolute Gasteiger partial charge is 0.469 e. The van der Waals surface area contributed by atoms with Crippen LogP contribution in [0.4, 0.5) is 0 Å². The molecule has 0 rings (SSSR count). The third kappa shape index (κ3) is 23.4. The van der Waals surface area contributed by atoms with Crippen LogP contribution in [0.25, 0.3) is 0 Å². The van der Waals surface area contributed by atoms with Gasteiger partial charge in [0, 0.05) is 12.3 Å². The van der Waals surface area contributed by atoms with Crippen LogP contribution in [0.5, 0.6) is 0 Å². The fourth-order valence-electron chi connectivity index (χ4n) is 2.19. The van der Waals surface area contributed by atoms with Crippen LogP contribution in [0.2, 0.25) is 0 Å². The van der Waals surface area contributed by atoms with E-state index in [4.69, 9.17) is 19.3 Å². The van der Waals surface area contributed by atoms with Crippen molar-refractivity contribution in [1.82, 2.24) is 0 Å². The molecule has 8 nitrogen and oxygen atoms in total. The molecule has 0 heterocycles. The molecule has 1 atom stereocenters. The van der Waals surface area contributed by atoms with Crippen LogP contribution in [-0.4, -0.2) is 41.0 Å². The molecule has 0 aliphatic rings. The second kappa shape index (κ2) is 21.0. The highest BCUT2D eigenvalue weighted by Crippen LogP contribution is 2.35. The topological polar surface area (TPSA) is 119 Å². The van der Waals surface area contributed by atoms with Crippen molar-refractivity contribution in [3.63, 3.8) is 0 Å². The molecular weight excluding hydrogens is 471 g/mol. The summed E-state index contributed by atoms with van der Waals surface area (Å²) in [5.74, 6) is 27.2. The van der Waals surface area contributed by atoms with Gasteiger partial charge in [-0.05, 0) is 72.5 Å². The number of carbonyl (C=O) groups excluding carboxylic acids is 2. The summed E-state index contributed by atoms with van der Waals surface area (Å²) in [7, 11) is -4.80. The number of carbonyl (C=O) groups is 2. The van der Waals surface area contributed by atoms with E-state index in [9.17, 15) is 14.2 Å². The first-order valence-electron chi connectivity index (χ1n) is 10.8. The predicted octanol–water partition coefficient (Wildman–Crippen LogP) is 2.34. The molecule has 35 heavy (non-hydrogen) atoms. The Morgan fingerprint density at radius 2 is 1.34 bits per heavy atom. The molecule has 0 saturated heterocycles. The molecule has 0 aliphatic heterocycles. The van der Waals surface area contributed by atoms with Crippen LogP contribution >= 0.6 is 7.82 Å². The standard InChI is InChI=1S/C26H27O8P/c1-3-5-7-9-11-12-13-14-15-17-18-20-25(27)32-22-24(23-33-35(29,30)31)34-26(28)21-19-16-10-8-6-4-2/h24H,4,6,8,10,16,19,21-23H2,1-2H3,(H2,29,30,31)/t24-/m0/s1. The Morgan fingerprint density at radius 1 is 0.800 bits per heavy atom. The van der Waals surface area contributed by atoms with Gasteiger partial charge in [-0.3, -0.25) is 9.32 Å². The first-order valence-corrected chi connectivity index (χ1v) is 12.3. The minimum absolute atomic E-state index is 0.132. The van der Waals surface area contributed by atoms with E-state index in [1.807, 2.05) is 0 Å². The second-order valence-electron chi connectivity index (χ2n) is 6.64. The minimum atomic E-state index is -4.80. The maximum absolute atomic E-state index is 12.0. The minimum Gasteiger partial charge on any atom is -0.456 e. The lowest BCUT2D eigenvalue weighted by Crippen LogP contribution is -2.29. The van der Waals surface area contributed by atoms with E-state index in [0.717, 1.165) is 32.1 Å². The van der Waals surface area contributed by atoms with Crippen molar-refractivity contribution in [2.24, 2.45) is 0 Å². The molecule has 0 aromatic heterocycles. The van der Waals surface area contributed by atoms with Gasteiger partial charge < -0.3 is 19.3 Å². The van der Waals surface area contributed by atoms with E-state index in [2.05, 4.69) is 82.5 Å². The zero-order valence-electron chi connectivity index (χ0n) is 19.7. The summed E-state index contributed by atoms with van der Waals surface area (Å²) in [6.45, 7) is 2.61. The second-order valence-corrected chi connectivity index (χ2v) is 7.88. The molecule has 0 unspecified atom stereocenters. The van der Waals surface area contributed by atoms with Gasteiger partial charge in [-0.15, -0.1) is 0 Å². The molecule has 2 N–H and O–H groups in total. The van der Waals surface area contributed by atoms with E-state index in [-0.39, 0.29) is 6.42 Å². The molecule has 9 heteroatoms. The van der Waals surface area contributed by atoms with Crippen LogP contribution in [0, 0.1) is 71.0 Å². The molecule has 0 radical (unpaired) electrons. The van der Waals surface area contributed by atoms with Crippen molar-refractivity contribution in [3.8, 4) is 71.0 Å². The smallest absolute Gasteiger partial charge is 0.456 e. The highest BCUT2D eigenvalue weighted by atomic mass is 31.2. The molecule has 0 aliphatic carbocycles. The van der Waals surface area contributed by atoms with Gasteiger partial charge in [0.25, 0.3) is 0 Å². The van der Waals surface area contributed by atoms with Crippen molar-refractivity contribution >= 4 is 19.8 Å². The van der Waals surface area contributed by atoms with Gasteiger partial charge in [-0.2, -0.15) is 0 Å². The van der Waals surface area contributed by atoms with Gasteiger partial charge in [-0.25, -0.2) is 9.36 Å². The van der Waals surface area contributed by atoms with Gasteiger partial charge in [0.2, 0.25) is 0 Å². The highest BCUT2D eigenvalue weighted by molar-refractivity contribution is 7.46. The van der Waals surface area contributed by atoms with Crippen molar-refractivity contribution in [2.45, 2.75) is 64.9 Å². The maximum atomic E-state index is 12.0. The average molecular weight is 498 g/mol. The van der Waals surface area contributed by atoms with E-state index < -0.39 is 39.1 Å². The van der Waals surface area contributed by atoms with Crippen LogP contribution < -0.4 is 0 Å². The fourth-order valence-corrected chi connectivity index (χ4v) is 2.55. The summed E-state index contributed by atoms with van der Waals surface area (Å²) in [4.78, 5) is 41.4. The molecule has 0 amide bonds. The van der Waals surface area contributed by atoms with Gasteiger partial charge in [0.1, 0.15) is 6.61 Å². The average Bonchev–Trinajstić information content (AvgIpc) is 2.81. The van der Waals surface area contributed by atoms with Crippen molar-refractivity contribution in [2.75, 3.05) is 13.2 Å². The Balaban J connectivity index is 4.66. The maximum Gasteiger partial charge on any atom is 0.469 e. The summed E-state index contributed by atoms with van der Waals surface area (Å²) in [5, 5.41) is 0. The molecule has 0 spiro atoms. The molecular formula is C26H27O8P. The van der Waals surface area contributed by atoms with Gasteiger partial charge >= 0.3 is 19.8 Å². The molecule has 0 fully saturated rings. The van der Waals surface area contributed by atoms with Gasteiger partial charge in [0.05, 0.1) is 6.61 Å². The van der Waals surface area contributed by atoms with Crippen molar-refractivity contribution < 1.29 is 37.9 Å². The highest BCUT2D eigenvalue weighted by Gasteiger charge is 2.22. The van der Waals surface area contributed by atoms with E-state index in [1.165, 1.54) is 0 Å². The Hall–Kier alpha value is -3.59. The summed E-state index contributed by atoms with van der Waals surface area (Å²) in [5.41, 5.74) is 0. The number of hydrogen-bond acceptors (Lipinski definition) is 6. The molecule has 0 bridgehead atoms. The number of phosphoric acid groups is 1. The molecule has 184 valence electrons. The van der Waals surface area contributed by atoms with Crippen LogP contribution in [0.15, 0.2) is 0 Å². The third-order valence-electron chi connectivity index (χ3n) is 3.71. The summed E-state index contributed by atoms with van der Waals surface area (Å²) in [6, 6.07) is 0. The van der Waals surface area contributed by atoms with Gasteiger partial charge in [0.15, 0.2) is 6.10 Å². The van der Waals surface area contributed by atoms with Crippen LogP contribution in [0.1, 0.15) is 58.8 Å². The summed E-state index contributed by atoms with van der Waals surface area (Å²) < 4.78 is 25.3.